The SMILES string of the molecule is C#C.C=CCF.CC.COc1ccc(/C=C2\C(C)=C(C)CCc3ccccc32)cc1NC=O. The fourth-order valence-corrected chi connectivity index (χ4v) is 3.29. The summed E-state index contributed by atoms with van der Waals surface area (Å²) in [5, 5.41) is 2.71. The van der Waals surface area contributed by atoms with Crippen molar-refractivity contribution < 1.29 is 13.9 Å². The lowest BCUT2D eigenvalue weighted by Crippen LogP contribution is -1.98. The van der Waals surface area contributed by atoms with Crippen molar-refractivity contribution in [2.75, 3.05) is 19.1 Å². The van der Waals surface area contributed by atoms with E-state index in [-0.39, 0.29) is 0 Å². The van der Waals surface area contributed by atoms with E-state index in [0.717, 1.165) is 18.4 Å². The molecule has 3 rings (SSSR count). The molecule has 0 radical (unpaired) electrons. The van der Waals surface area contributed by atoms with Crippen LogP contribution in [0.5, 0.6) is 5.75 Å². The number of alkyl halides is 1. The fourth-order valence-electron chi connectivity index (χ4n) is 3.29. The summed E-state index contributed by atoms with van der Waals surface area (Å²) < 4.78 is 15.9. The Morgan fingerprint density at radius 3 is 2.33 bits per heavy atom. The van der Waals surface area contributed by atoms with Gasteiger partial charge >= 0.3 is 0 Å². The van der Waals surface area contributed by atoms with Crippen LogP contribution < -0.4 is 10.1 Å². The van der Waals surface area contributed by atoms with Crippen molar-refractivity contribution in [1.82, 2.24) is 0 Å². The number of halogens is 1. The number of hydrogen-bond donors (Lipinski definition) is 1. The Labute approximate surface area is 199 Å². The first-order valence-corrected chi connectivity index (χ1v) is 10.9. The molecule has 1 aliphatic carbocycles. The standard InChI is InChI=1S/C22H23NO2.C3H5F.C2H6.C2H2/c1-15-8-10-18-6-4-5-7-19(18)20(16(15)2)12-17-9-11-22(25-3)21(13-17)23-14-24;1-2-3-4;2*1-2/h4-7,9,11-14H,8,10H2,1-3H3,(H,23,24);2H,1,3H2;1-2H3;1-2H/b20-12+;;;. The van der Waals surface area contributed by atoms with Crippen LogP contribution in [0.15, 0.2) is 66.3 Å². The molecule has 4 heteroatoms. The summed E-state index contributed by atoms with van der Waals surface area (Å²) >= 11 is 0. The molecule has 1 aliphatic rings. The van der Waals surface area contributed by atoms with E-state index in [2.05, 4.69) is 68.9 Å². The predicted molar refractivity (Wildman–Crippen MR) is 141 cm³/mol. The molecule has 0 unspecified atom stereocenters. The minimum atomic E-state index is -0.417. The molecule has 0 fully saturated rings. The van der Waals surface area contributed by atoms with E-state index in [1.165, 1.54) is 33.9 Å². The second-order valence-corrected chi connectivity index (χ2v) is 6.79. The van der Waals surface area contributed by atoms with Gasteiger partial charge in [-0.05, 0) is 72.7 Å². The Morgan fingerprint density at radius 1 is 1.12 bits per heavy atom. The van der Waals surface area contributed by atoms with Crippen LogP contribution in [-0.2, 0) is 11.2 Å². The molecule has 0 aromatic heterocycles. The number of carbonyl (C=O) groups excluding carboxylic acids is 1. The number of nitrogens with one attached hydrogen (secondary N) is 1. The number of aryl methyl sites for hydroxylation is 1. The van der Waals surface area contributed by atoms with E-state index in [9.17, 15) is 9.18 Å². The summed E-state index contributed by atoms with van der Waals surface area (Å²) in [4.78, 5) is 10.9. The molecule has 1 N–H and O–H groups in total. The van der Waals surface area contributed by atoms with E-state index in [1.54, 1.807) is 7.11 Å². The molecule has 33 heavy (non-hydrogen) atoms. The number of amides is 1. The van der Waals surface area contributed by atoms with Crippen molar-refractivity contribution >= 4 is 23.7 Å². The van der Waals surface area contributed by atoms with Crippen LogP contribution in [0, 0.1) is 12.8 Å². The van der Waals surface area contributed by atoms with Crippen LogP contribution in [-0.4, -0.2) is 20.2 Å². The molecule has 0 heterocycles. The van der Waals surface area contributed by atoms with Gasteiger partial charge in [-0.3, -0.25) is 4.79 Å². The smallest absolute Gasteiger partial charge is 0.211 e. The first-order valence-electron chi connectivity index (χ1n) is 10.9. The zero-order valence-corrected chi connectivity index (χ0v) is 20.5. The van der Waals surface area contributed by atoms with E-state index in [1.807, 2.05) is 32.0 Å². The van der Waals surface area contributed by atoms with Gasteiger partial charge in [0.25, 0.3) is 0 Å². The van der Waals surface area contributed by atoms with Gasteiger partial charge in [-0.1, -0.05) is 55.8 Å². The Kier molecular flexibility index (Phi) is 15.2. The maximum absolute atomic E-state index is 10.9. The maximum Gasteiger partial charge on any atom is 0.211 e. The molecule has 0 atom stereocenters. The number of anilines is 1. The molecular formula is C29H36FNO2. The van der Waals surface area contributed by atoms with E-state index in [4.69, 9.17) is 4.74 Å². The number of ether oxygens (including phenoxy) is 1. The number of allylic oxidation sites excluding steroid dienone is 4. The van der Waals surface area contributed by atoms with Gasteiger partial charge in [-0.15, -0.1) is 19.4 Å². The molecule has 0 spiro atoms. The highest BCUT2D eigenvalue weighted by atomic mass is 19.1. The molecule has 1 amide bonds. The third-order valence-corrected chi connectivity index (χ3v) is 4.98. The second kappa shape index (κ2) is 17.0. The lowest BCUT2D eigenvalue weighted by Gasteiger charge is -2.13. The first-order chi connectivity index (χ1) is 16.0. The largest absolute Gasteiger partial charge is 0.495 e. The summed E-state index contributed by atoms with van der Waals surface area (Å²) in [5.41, 5.74) is 8.36. The Bertz CT molecular complexity index is 971. The molecular weight excluding hydrogens is 413 g/mol. The molecule has 0 aliphatic heterocycles. The molecule has 2 aromatic carbocycles. The summed E-state index contributed by atoms with van der Waals surface area (Å²) in [6.45, 7) is 11.1. The number of benzene rings is 2. The highest BCUT2D eigenvalue weighted by Gasteiger charge is 2.16. The maximum atomic E-state index is 10.9. The van der Waals surface area contributed by atoms with Crippen LogP contribution in [0.3, 0.4) is 0 Å². The van der Waals surface area contributed by atoms with Crippen molar-refractivity contribution in [2.24, 2.45) is 0 Å². The number of hydrogen-bond acceptors (Lipinski definition) is 2. The van der Waals surface area contributed by atoms with E-state index >= 15 is 0 Å². The normalized spacial score (nSPS) is 12.8. The molecule has 0 saturated heterocycles. The van der Waals surface area contributed by atoms with Gasteiger partial charge < -0.3 is 10.1 Å². The number of terminal acetylenes is 1. The average Bonchev–Trinajstić information content (AvgIpc) is 2.99. The molecule has 176 valence electrons. The Balaban J connectivity index is 0.00000113. The van der Waals surface area contributed by atoms with Gasteiger partial charge in [-0.25, -0.2) is 4.39 Å². The fraction of sp³-hybridized carbons (Fsp3) is 0.276. The zero-order valence-electron chi connectivity index (χ0n) is 20.5. The molecule has 0 saturated carbocycles. The number of carbonyl (C=O) groups is 1. The average molecular weight is 450 g/mol. The third-order valence-electron chi connectivity index (χ3n) is 4.98. The van der Waals surface area contributed by atoms with Gasteiger partial charge in [0.1, 0.15) is 12.4 Å². The van der Waals surface area contributed by atoms with Gasteiger partial charge in [0.15, 0.2) is 0 Å². The quantitative estimate of drug-likeness (QED) is 0.291. The summed E-state index contributed by atoms with van der Waals surface area (Å²) in [6, 6.07) is 14.4. The van der Waals surface area contributed by atoms with Gasteiger partial charge in [0.2, 0.25) is 6.41 Å². The number of rotatable bonds is 5. The topological polar surface area (TPSA) is 38.3 Å². The summed E-state index contributed by atoms with van der Waals surface area (Å²) in [5.74, 6) is 0.652. The summed E-state index contributed by atoms with van der Waals surface area (Å²) in [7, 11) is 1.60. The van der Waals surface area contributed by atoms with Crippen LogP contribution in [0.1, 0.15) is 50.8 Å². The molecule has 3 nitrogen and oxygen atoms in total. The van der Waals surface area contributed by atoms with Crippen LogP contribution in [0.25, 0.3) is 11.6 Å². The lowest BCUT2D eigenvalue weighted by atomic mass is 9.93. The van der Waals surface area contributed by atoms with Gasteiger partial charge in [0.05, 0.1) is 12.8 Å². The summed E-state index contributed by atoms with van der Waals surface area (Å²) in [6.07, 6.45) is 14.2. The van der Waals surface area contributed by atoms with Crippen LogP contribution in [0.4, 0.5) is 10.1 Å². The minimum absolute atomic E-state index is 0.417. The number of fused-ring (bicyclic) bond motifs is 1. The Hall–Kier alpha value is -3.58. The first kappa shape index (κ1) is 29.4. The van der Waals surface area contributed by atoms with Crippen LogP contribution >= 0.6 is 0 Å². The van der Waals surface area contributed by atoms with Crippen molar-refractivity contribution in [2.45, 2.75) is 40.5 Å². The number of methoxy groups -OCH3 is 1. The predicted octanol–water partition coefficient (Wildman–Crippen LogP) is 7.50. The monoisotopic (exact) mass is 449 g/mol. The third kappa shape index (κ3) is 8.82. The van der Waals surface area contributed by atoms with Crippen molar-refractivity contribution in [1.29, 1.82) is 0 Å². The molecule has 2 aromatic rings. The second-order valence-electron chi connectivity index (χ2n) is 6.79. The lowest BCUT2D eigenvalue weighted by molar-refractivity contribution is -0.105. The minimum Gasteiger partial charge on any atom is -0.495 e. The zero-order chi connectivity index (χ0) is 25.2. The van der Waals surface area contributed by atoms with Crippen molar-refractivity contribution in [3.8, 4) is 18.6 Å². The van der Waals surface area contributed by atoms with Gasteiger partial charge in [0, 0.05) is 0 Å². The van der Waals surface area contributed by atoms with E-state index in [0.29, 0.717) is 17.8 Å². The van der Waals surface area contributed by atoms with Crippen molar-refractivity contribution in [3.63, 3.8) is 0 Å². The van der Waals surface area contributed by atoms with Gasteiger partial charge in [-0.2, -0.15) is 0 Å². The highest BCUT2D eigenvalue weighted by molar-refractivity contribution is 5.93. The van der Waals surface area contributed by atoms with Crippen LogP contribution in [0.2, 0.25) is 0 Å². The Morgan fingerprint density at radius 2 is 1.76 bits per heavy atom. The highest BCUT2D eigenvalue weighted by Crippen LogP contribution is 2.36. The van der Waals surface area contributed by atoms with E-state index < -0.39 is 6.67 Å². The molecule has 0 bridgehead atoms. The van der Waals surface area contributed by atoms with Crippen molar-refractivity contribution in [3.05, 3.63) is 83.0 Å².